The van der Waals surface area contributed by atoms with Gasteiger partial charge in [0.2, 0.25) is 0 Å². The normalized spacial score (nSPS) is 10.2. The molecule has 4 nitrogen and oxygen atoms in total. The maximum Gasteiger partial charge on any atom is 0.276 e. The van der Waals surface area contributed by atoms with Crippen molar-refractivity contribution in [2.45, 2.75) is 5.88 Å². The van der Waals surface area contributed by atoms with E-state index in [1.807, 2.05) is 12.1 Å². The van der Waals surface area contributed by atoms with Crippen LogP contribution in [0.1, 0.15) is 5.82 Å². The van der Waals surface area contributed by atoms with E-state index >= 15 is 0 Å². The molecule has 13 heavy (non-hydrogen) atoms. The molecule has 0 radical (unpaired) electrons. The maximum absolute atomic E-state index is 5.52. The minimum absolute atomic E-state index is 0.246. The summed E-state index contributed by atoms with van der Waals surface area (Å²) in [6.45, 7) is 0. The lowest BCUT2D eigenvalue weighted by molar-refractivity contribution is 0.423. The van der Waals surface area contributed by atoms with Crippen molar-refractivity contribution in [3.05, 3.63) is 30.2 Å². The van der Waals surface area contributed by atoms with Crippen LogP contribution in [0.3, 0.4) is 0 Å². The van der Waals surface area contributed by atoms with E-state index in [4.69, 9.17) is 16.1 Å². The molecule has 66 valence electrons. The quantitative estimate of drug-likeness (QED) is 0.687. The minimum atomic E-state index is 0.246. The Balaban J connectivity index is 2.36. The van der Waals surface area contributed by atoms with Crippen LogP contribution in [0, 0.1) is 0 Å². The van der Waals surface area contributed by atoms with Gasteiger partial charge in [0.05, 0.1) is 5.88 Å². The molecule has 0 N–H and O–H groups in total. The van der Waals surface area contributed by atoms with Crippen molar-refractivity contribution in [2.75, 3.05) is 0 Å². The van der Waals surface area contributed by atoms with E-state index in [0.717, 1.165) is 0 Å². The van der Waals surface area contributed by atoms with Crippen LogP contribution >= 0.6 is 11.6 Å². The third-order valence-electron chi connectivity index (χ3n) is 1.47. The number of nitrogens with zero attached hydrogens (tertiary/aromatic N) is 3. The Labute approximate surface area is 79.6 Å². The van der Waals surface area contributed by atoms with E-state index in [9.17, 15) is 0 Å². The van der Waals surface area contributed by atoms with Gasteiger partial charge in [0.1, 0.15) is 5.69 Å². The molecular weight excluding hydrogens is 190 g/mol. The molecule has 5 heteroatoms. The molecule has 0 amide bonds. The lowest BCUT2D eigenvalue weighted by Crippen LogP contribution is -1.82. The highest BCUT2D eigenvalue weighted by Gasteiger charge is 2.07. The highest BCUT2D eigenvalue weighted by Crippen LogP contribution is 2.13. The van der Waals surface area contributed by atoms with Crippen molar-refractivity contribution in [1.82, 2.24) is 15.1 Å². The number of hydrogen-bond donors (Lipinski definition) is 0. The summed E-state index contributed by atoms with van der Waals surface area (Å²) in [5.41, 5.74) is 0.659. The Morgan fingerprint density at radius 2 is 2.31 bits per heavy atom. The molecule has 0 atom stereocenters. The summed E-state index contributed by atoms with van der Waals surface area (Å²) in [6, 6.07) is 5.47. The van der Waals surface area contributed by atoms with Gasteiger partial charge < -0.3 is 4.52 Å². The molecular formula is C8H6ClN3O. The van der Waals surface area contributed by atoms with Crippen LogP contribution in [-0.4, -0.2) is 15.1 Å². The Hall–Kier alpha value is -1.42. The van der Waals surface area contributed by atoms with Gasteiger partial charge in [-0.1, -0.05) is 11.2 Å². The van der Waals surface area contributed by atoms with E-state index in [1.54, 1.807) is 12.3 Å². The molecule has 0 bridgehead atoms. The van der Waals surface area contributed by atoms with E-state index in [2.05, 4.69) is 15.1 Å². The van der Waals surface area contributed by atoms with Crippen LogP contribution in [0.2, 0.25) is 0 Å². The Kier molecular flexibility index (Phi) is 2.23. The second kappa shape index (κ2) is 3.53. The summed E-state index contributed by atoms with van der Waals surface area (Å²) in [6.07, 6.45) is 1.67. The monoisotopic (exact) mass is 195 g/mol. The molecule has 0 aromatic carbocycles. The minimum Gasteiger partial charge on any atom is -0.332 e. The molecule has 0 fully saturated rings. The third-order valence-corrected chi connectivity index (χ3v) is 1.71. The number of rotatable bonds is 2. The van der Waals surface area contributed by atoms with Gasteiger partial charge in [0.25, 0.3) is 5.89 Å². The molecule has 0 aliphatic rings. The molecule has 0 aliphatic carbocycles. The maximum atomic E-state index is 5.52. The van der Waals surface area contributed by atoms with Gasteiger partial charge in [-0.05, 0) is 12.1 Å². The summed E-state index contributed by atoms with van der Waals surface area (Å²) >= 11 is 5.52. The van der Waals surface area contributed by atoms with E-state index < -0.39 is 0 Å². The number of hydrogen-bond acceptors (Lipinski definition) is 4. The number of pyridine rings is 1. The largest absolute Gasteiger partial charge is 0.332 e. The summed E-state index contributed by atoms with van der Waals surface area (Å²) in [7, 11) is 0. The predicted octanol–water partition coefficient (Wildman–Crippen LogP) is 1.87. The summed E-state index contributed by atoms with van der Waals surface area (Å²) in [4.78, 5) is 8.08. The first-order valence-electron chi connectivity index (χ1n) is 3.70. The van der Waals surface area contributed by atoms with Gasteiger partial charge in [-0.2, -0.15) is 4.98 Å². The second-order valence-corrected chi connectivity index (χ2v) is 2.63. The Morgan fingerprint density at radius 1 is 1.38 bits per heavy atom. The van der Waals surface area contributed by atoms with Crippen LogP contribution in [0.15, 0.2) is 28.9 Å². The van der Waals surface area contributed by atoms with Crippen molar-refractivity contribution >= 4 is 11.6 Å². The van der Waals surface area contributed by atoms with Crippen LogP contribution in [0.4, 0.5) is 0 Å². The van der Waals surface area contributed by atoms with Crippen molar-refractivity contribution in [2.24, 2.45) is 0 Å². The van der Waals surface area contributed by atoms with Gasteiger partial charge >= 0.3 is 0 Å². The van der Waals surface area contributed by atoms with E-state index in [0.29, 0.717) is 17.4 Å². The van der Waals surface area contributed by atoms with Gasteiger partial charge in [-0.25, -0.2) is 0 Å². The molecule has 0 spiro atoms. The van der Waals surface area contributed by atoms with Crippen LogP contribution in [0.25, 0.3) is 11.6 Å². The molecule has 0 aliphatic heterocycles. The highest BCUT2D eigenvalue weighted by molar-refractivity contribution is 6.16. The zero-order valence-electron chi connectivity index (χ0n) is 6.64. The first kappa shape index (κ1) is 8.19. The van der Waals surface area contributed by atoms with Crippen molar-refractivity contribution in [3.8, 4) is 11.6 Å². The SMILES string of the molecule is ClCc1noc(-c2ccccn2)n1. The van der Waals surface area contributed by atoms with Gasteiger partial charge in [-0.15, -0.1) is 11.6 Å². The summed E-state index contributed by atoms with van der Waals surface area (Å²) < 4.78 is 4.93. The lowest BCUT2D eigenvalue weighted by Gasteiger charge is -1.88. The highest BCUT2D eigenvalue weighted by atomic mass is 35.5. The zero-order valence-corrected chi connectivity index (χ0v) is 7.40. The second-order valence-electron chi connectivity index (χ2n) is 2.36. The molecule has 0 saturated heterocycles. The summed E-state index contributed by atoms with van der Waals surface area (Å²) in [5, 5.41) is 3.65. The molecule has 2 heterocycles. The Bertz CT molecular complexity index is 387. The lowest BCUT2D eigenvalue weighted by atomic mass is 10.3. The summed E-state index contributed by atoms with van der Waals surface area (Å²) in [5.74, 6) is 1.12. The van der Waals surface area contributed by atoms with E-state index in [-0.39, 0.29) is 5.88 Å². The van der Waals surface area contributed by atoms with Gasteiger partial charge in [0.15, 0.2) is 5.82 Å². The topological polar surface area (TPSA) is 51.8 Å². The van der Waals surface area contributed by atoms with Gasteiger partial charge in [-0.3, -0.25) is 4.98 Å². The Morgan fingerprint density at radius 3 is 2.92 bits per heavy atom. The first-order chi connectivity index (χ1) is 6.40. The molecule has 2 aromatic heterocycles. The molecule has 0 saturated carbocycles. The fourth-order valence-electron chi connectivity index (χ4n) is 0.902. The van der Waals surface area contributed by atoms with Crippen molar-refractivity contribution in [3.63, 3.8) is 0 Å². The molecule has 2 rings (SSSR count). The van der Waals surface area contributed by atoms with Crippen molar-refractivity contribution in [1.29, 1.82) is 0 Å². The van der Waals surface area contributed by atoms with Gasteiger partial charge in [0, 0.05) is 6.20 Å². The van der Waals surface area contributed by atoms with Crippen molar-refractivity contribution < 1.29 is 4.52 Å². The standard InChI is InChI=1S/C8H6ClN3O/c9-5-7-11-8(13-12-7)6-3-1-2-4-10-6/h1-4H,5H2. The first-order valence-corrected chi connectivity index (χ1v) is 4.23. The molecule has 0 unspecified atom stereocenters. The molecule has 2 aromatic rings. The number of aromatic nitrogens is 3. The van der Waals surface area contributed by atoms with Crippen LogP contribution in [-0.2, 0) is 5.88 Å². The average molecular weight is 196 g/mol. The van der Waals surface area contributed by atoms with E-state index in [1.165, 1.54) is 0 Å². The fraction of sp³-hybridized carbons (Fsp3) is 0.125. The number of halogens is 1. The predicted molar refractivity (Wildman–Crippen MR) is 47.1 cm³/mol. The smallest absolute Gasteiger partial charge is 0.276 e. The zero-order chi connectivity index (χ0) is 9.10. The average Bonchev–Trinajstić information content (AvgIpc) is 2.67. The van der Waals surface area contributed by atoms with Crippen LogP contribution in [0.5, 0.6) is 0 Å². The fourth-order valence-corrected chi connectivity index (χ4v) is 1.01. The third kappa shape index (κ3) is 1.67. The number of alkyl halides is 1. The van der Waals surface area contributed by atoms with Crippen LogP contribution < -0.4 is 0 Å².